The van der Waals surface area contributed by atoms with Crippen LogP contribution in [0.3, 0.4) is 0 Å². The molecule has 0 aliphatic rings. The number of benzene rings is 2. The molecule has 0 fully saturated rings. The zero-order valence-electron chi connectivity index (χ0n) is 9.68. The maximum Gasteiger partial charge on any atom is 0.153 e. The Morgan fingerprint density at radius 2 is 1.94 bits per heavy atom. The summed E-state index contributed by atoms with van der Waals surface area (Å²) in [4.78, 5) is 0. The summed E-state index contributed by atoms with van der Waals surface area (Å²) in [7, 11) is 0. The monoisotopic (exact) mass is 229 g/mol. The molecule has 17 heavy (non-hydrogen) atoms. The van der Waals surface area contributed by atoms with E-state index < -0.39 is 0 Å². The minimum absolute atomic E-state index is 0.000450. The largest absolute Gasteiger partial charge is 0.455 e. The van der Waals surface area contributed by atoms with E-state index in [-0.39, 0.29) is 6.61 Å². The van der Waals surface area contributed by atoms with Crippen molar-refractivity contribution in [3.8, 4) is 11.5 Å². The van der Waals surface area contributed by atoms with Crippen molar-refractivity contribution in [3.63, 3.8) is 0 Å². The Balaban J connectivity index is 2.31. The Morgan fingerprint density at radius 1 is 1.18 bits per heavy atom. The highest BCUT2D eigenvalue weighted by atomic mass is 16.5. The van der Waals surface area contributed by atoms with Crippen LogP contribution in [-0.2, 0) is 6.61 Å². The molecule has 2 rings (SSSR count). The van der Waals surface area contributed by atoms with Crippen molar-refractivity contribution < 1.29 is 9.84 Å². The molecule has 0 bridgehead atoms. The molecule has 0 unspecified atom stereocenters. The van der Waals surface area contributed by atoms with Gasteiger partial charge in [-0.15, -0.1) is 0 Å². The van der Waals surface area contributed by atoms with Gasteiger partial charge in [0.15, 0.2) is 5.75 Å². The quantitative estimate of drug-likeness (QED) is 0.796. The SMILES string of the molecule is Cc1cccc(N)c1Oc1cccc(CO)c1. The van der Waals surface area contributed by atoms with Gasteiger partial charge in [0, 0.05) is 0 Å². The lowest BCUT2D eigenvalue weighted by Crippen LogP contribution is -1.95. The van der Waals surface area contributed by atoms with Gasteiger partial charge in [0.25, 0.3) is 0 Å². The van der Waals surface area contributed by atoms with Crippen LogP contribution in [0.5, 0.6) is 11.5 Å². The van der Waals surface area contributed by atoms with Gasteiger partial charge in [0.2, 0.25) is 0 Å². The van der Waals surface area contributed by atoms with E-state index in [0.717, 1.165) is 11.1 Å². The maximum atomic E-state index is 9.06. The number of aryl methyl sites for hydroxylation is 1. The van der Waals surface area contributed by atoms with Crippen molar-refractivity contribution in [2.45, 2.75) is 13.5 Å². The first-order valence-electron chi connectivity index (χ1n) is 5.43. The fourth-order valence-electron chi connectivity index (χ4n) is 1.64. The zero-order valence-corrected chi connectivity index (χ0v) is 9.68. The molecule has 0 aliphatic heterocycles. The van der Waals surface area contributed by atoms with Gasteiger partial charge in [-0.3, -0.25) is 0 Å². The van der Waals surface area contributed by atoms with E-state index in [1.54, 1.807) is 12.1 Å². The first kappa shape index (κ1) is 11.5. The minimum Gasteiger partial charge on any atom is -0.455 e. The first-order chi connectivity index (χ1) is 8.20. The molecule has 88 valence electrons. The number of nitrogen functional groups attached to an aromatic ring is 1. The highest BCUT2D eigenvalue weighted by molar-refractivity contribution is 5.57. The molecule has 0 radical (unpaired) electrons. The number of aliphatic hydroxyl groups excluding tert-OH is 1. The smallest absolute Gasteiger partial charge is 0.153 e. The summed E-state index contributed by atoms with van der Waals surface area (Å²) in [6.07, 6.45) is 0. The summed E-state index contributed by atoms with van der Waals surface area (Å²) in [6, 6.07) is 13.0. The van der Waals surface area contributed by atoms with Crippen LogP contribution < -0.4 is 10.5 Å². The topological polar surface area (TPSA) is 55.5 Å². The first-order valence-corrected chi connectivity index (χ1v) is 5.43. The molecule has 2 aromatic carbocycles. The minimum atomic E-state index is 0.000450. The second-order valence-corrected chi connectivity index (χ2v) is 3.90. The van der Waals surface area contributed by atoms with Crippen LogP contribution in [0.15, 0.2) is 42.5 Å². The number of para-hydroxylation sites is 1. The van der Waals surface area contributed by atoms with Gasteiger partial charge >= 0.3 is 0 Å². The molecule has 3 heteroatoms. The van der Waals surface area contributed by atoms with Crippen LogP contribution in [0, 0.1) is 6.92 Å². The molecule has 0 amide bonds. The van der Waals surface area contributed by atoms with Crippen molar-refractivity contribution in [1.29, 1.82) is 0 Å². The third kappa shape index (κ3) is 2.57. The Labute approximate surface area is 100 Å². The lowest BCUT2D eigenvalue weighted by atomic mass is 10.2. The molecule has 0 spiro atoms. The summed E-state index contributed by atoms with van der Waals surface area (Å²) in [6.45, 7) is 1.95. The summed E-state index contributed by atoms with van der Waals surface area (Å²) in [5, 5.41) is 9.06. The molecule has 3 nitrogen and oxygen atoms in total. The molecular formula is C14H15NO2. The average Bonchev–Trinajstić information content (AvgIpc) is 2.34. The Hall–Kier alpha value is -2.00. The predicted molar refractivity (Wildman–Crippen MR) is 68.0 cm³/mol. The molecule has 0 heterocycles. The van der Waals surface area contributed by atoms with E-state index in [4.69, 9.17) is 15.6 Å². The van der Waals surface area contributed by atoms with Gasteiger partial charge in [0.05, 0.1) is 12.3 Å². The second-order valence-electron chi connectivity index (χ2n) is 3.90. The Morgan fingerprint density at radius 3 is 2.65 bits per heavy atom. The fraction of sp³-hybridized carbons (Fsp3) is 0.143. The maximum absolute atomic E-state index is 9.06. The second kappa shape index (κ2) is 4.89. The molecule has 2 aromatic rings. The predicted octanol–water partition coefficient (Wildman–Crippen LogP) is 2.86. The summed E-state index contributed by atoms with van der Waals surface area (Å²) in [5.74, 6) is 1.35. The normalized spacial score (nSPS) is 10.2. The molecule has 3 N–H and O–H groups in total. The molecule has 0 aliphatic carbocycles. The van der Waals surface area contributed by atoms with Crippen LogP contribution in [0.2, 0.25) is 0 Å². The van der Waals surface area contributed by atoms with E-state index >= 15 is 0 Å². The molecule has 0 saturated carbocycles. The van der Waals surface area contributed by atoms with Gasteiger partial charge in [0.1, 0.15) is 5.75 Å². The number of rotatable bonds is 3. The van der Waals surface area contributed by atoms with Crippen molar-refractivity contribution in [2.75, 3.05) is 5.73 Å². The van der Waals surface area contributed by atoms with Gasteiger partial charge in [-0.25, -0.2) is 0 Å². The summed E-state index contributed by atoms with van der Waals surface area (Å²) in [5.41, 5.74) is 8.28. The molecule has 0 atom stereocenters. The van der Waals surface area contributed by atoms with Gasteiger partial charge < -0.3 is 15.6 Å². The molecular weight excluding hydrogens is 214 g/mol. The van der Waals surface area contributed by atoms with Crippen LogP contribution in [0.4, 0.5) is 5.69 Å². The number of hydrogen-bond donors (Lipinski definition) is 2. The third-order valence-electron chi connectivity index (χ3n) is 2.54. The van der Waals surface area contributed by atoms with Crippen LogP contribution in [0.25, 0.3) is 0 Å². The molecule has 0 aromatic heterocycles. The van der Waals surface area contributed by atoms with Crippen LogP contribution >= 0.6 is 0 Å². The standard InChI is InChI=1S/C14H15NO2/c1-10-4-2-7-13(15)14(10)17-12-6-3-5-11(8-12)9-16/h2-8,16H,9,15H2,1H3. The van der Waals surface area contributed by atoms with Gasteiger partial charge in [-0.1, -0.05) is 24.3 Å². The summed E-state index contributed by atoms with van der Waals surface area (Å²) < 4.78 is 5.75. The van der Waals surface area contributed by atoms with Crippen molar-refractivity contribution in [2.24, 2.45) is 0 Å². The number of hydrogen-bond acceptors (Lipinski definition) is 3. The van der Waals surface area contributed by atoms with Crippen molar-refractivity contribution in [3.05, 3.63) is 53.6 Å². The van der Waals surface area contributed by atoms with Gasteiger partial charge in [-0.2, -0.15) is 0 Å². The highest BCUT2D eigenvalue weighted by Gasteiger charge is 2.05. The van der Waals surface area contributed by atoms with Crippen molar-refractivity contribution in [1.82, 2.24) is 0 Å². The summed E-state index contributed by atoms with van der Waals surface area (Å²) >= 11 is 0. The zero-order chi connectivity index (χ0) is 12.3. The average molecular weight is 229 g/mol. The van der Waals surface area contributed by atoms with Crippen LogP contribution in [-0.4, -0.2) is 5.11 Å². The highest BCUT2D eigenvalue weighted by Crippen LogP contribution is 2.30. The lowest BCUT2D eigenvalue weighted by molar-refractivity contribution is 0.281. The number of aliphatic hydroxyl groups is 1. The van der Waals surface area contributed by atoms with Gasteiger partial charge in [-0.05, 0) is 36.2 Å². The lowest BCUT2D eigenvalue weighted by Gasteiger charge is -2.11. The van der Waals surface area contributed by atoms with E-state index in [1.807, 2.05) is 37.3 Å². The third-order valence-corrected chi connectivity index (χ3v) is 2.54. The van der Waals surface area contributed by atoms with Crippen LogP contribution in [0.1, 0.15) is 11.1 Å². The van der Waals surface area contributed by atoms with E-state index in [2.05, 4.69) is 0 Å². The Kier molecular flexibility index (Phi) is 3.30. The number of nitrogens with two attached hydrogens (primary N) is 1. The fourth-order valence-corrected chi connectivity index (χ4v) is 1.64. The van der Waals surface area contributed by atoms with Crippen molar-refractivity contribution >= 4 is 5.69 Å². The number of anilines is 1. The van der Waals surface area contributed by atoms with E-state index in [0.29, 0.717) is 17.2 Å². The van der Waals surface area contributed by atoms with E-state index in [1.165, 1.54) is 0 Å². The number of ether oxygens (including phenoxy) is 1. The molecule has 0 saturated heterocycles. The van der Waals surface area contributed by atoms with E-state index in [9.17, 15) is 0 Å². The Bertz CT molecular complexity index is 503.